The molecule has 1 aromatic carbocycles. The van der Waals surface area contributed by atoms with Crippen LogP contribution in [0.5, 0.6) is 5.75 Å². The summed E-state index contributed by atoms with van der Waals surface area (Å²) in [6.07, 6.45) is 2.74. The molecule has 0 saturated carbocycles. The topological polar surface area (TPSA) is 129 Å². The molecule has 0 radical (unpaired) electrons. The van der Waals surface area contributed by atoms with Crippen molar-refractivity contribution in [3.8, 4) is 17.0 Å². The van der Waals surface area contributed by atoms with Crippen LogP contribution < -0.4 is 15.4 Å². The maximum absolute atomic E-state index is 12.7. The van der Waals surface area contributed by atoms with Crippen molar-refractivity contribution in [3.63, 3.8) is 0 Å². The predicted octanol–water partition coefficient (Wildman–Crippen LogP) is 3.78. The van der Waals surface area contributed by atoms with Gasteiger partial charge in [-0.05, 0) is 36.4 Å². The van der Waals surface area contributed by atoms with E-state index in [1.165, 1.54) is 36.7 Å². The number of nitrogens with one attached hydrogen (secondary N) is 3. The minimum absolute atomic E-state index is 0.109. The highest BCUT2D eigenvalue weighted by Crippen LogP contribution is 2.27. The maximum atomic E-state index is 12.7. The molecular weight excluding hydrogens is 436 g/mol. The maximum Gasteiger partial charge on any atom is 0.487 e. The van der Waals surface area contributed by atoms with Gasteiger partial charge in [-0.1, -0.05) is 0 Å². The Bertz CT molecular complexity index is 1060. The van der Waals surface area contributed by atoms with Crippen LogP contribution in [0.1, 0.15) is 16.8 Å². The van der Waals surface area contributed by atoms with Gasteiger partial charge in [0, 0.05) is 41.8 Å². The molecule has 2 aromatic heterocycles. The molecule has 0 bridgehead atoms. The number of aromatic amines is 1. The number of hydrogen-bond acceptors (Lipinski definition) is 6. The van der Waals surface area contributed by atoms with E-state index < -0.39 is 17.4 Å². The van der Waals surface area contributed by atoms with Crippen molar-refractivity contribution in [2.24, 2.45) is 0 Å². The monoisotopic (exact) mass is 451 g/mol. The van der Waals surface area contributed by atoms with Gasteiger partial charge in [0.1, 0.15) is 11.6 Å². The molecule has 0 saturated heterocycles. The smallest absolute Gasteiger partial charge is 0.481 e. The highest BCUT2D eigenvalue weighted by Gasteiger charge is 2.27. The molecule has 0 fully saturated rings. The Labute approximate surface area is 179 Å². The van der Waals surface area contributed by atoms with E-state index in [2.05, 4.69) is 30.6 Å². The van der Waals surface area contributed by atoms with E-state index in [0.29, 0.717) is 22.8 Å². The number of H-pyrrole nitrogens is 1. The number of carboxylic acid groups (broad SMARTS) is 1. The van der Waals surface area contributed by atoms with E-state index in [1.54, 1.807) is 12.1 Å². The first-order valence-electron chi connectivity index (χ1n) is 8.84. The van der Waals surface area contributed by atoms with Gasteiger partial charge in [0.2, 0.25) is 0 Å². The van der Waals surface area contributed by atoms with E-state index in [1.807, 2.05) is 0 Å². The normalized spacial score (nSPS) is 11.1. The summed E-state index contributed by atoms with van der Waals surface area (Å²) in [4.78, 5) is 27.6. The largest absolute Gasteiger partial charge is 0.487 e. The zero-order valence-corrected chi connectivity index (χ0v) is 16.5. The lowest BCUT2D eigenvalue weighted by Gasteiger charge is -2.12. The average molecular weight is 452 g/mol. The van der Waals surface area contributed by atoms with Crippen LogP contribution in [0.4, 0.5) is 20.3 Å². The van der Waals surface area contributed by atoms with Crippen LogP contribution >= 0.6 is 11.6 Å². The van der Waals surface area contributed by atoms with Crippen molar-refractivity contribution >= 4 is 35.0 Å². The van der Waals surface area contributed by atoms with Crippen molar-refractivity contribution in [1.82, 2.24) is 15.2 Å². The minimum Gasteiger partial charge on any atom is -0.481 e. The molecule has 1 amide bonds. The molecule has 0 spiro atoms. The number of halogens is 3. The summed E-state index contributed by atoms with van der Waals surface area (Å²) in [6, 6.07) is 8.45. The van der Waals surface area contributed by atoms with Crippen molar-refractivity contribution in [3.05, 3.63) is 54.4 Å². The summed E-state index contributed by atoms with van der Waals surface area (Å²) in [6.45, 7) is 0.144. The van der Waals surface area contributed by atoms with Gasteiger partial charge in [0.25, 0.3) is 5.91 Å². The molecule has 3 aromatic rings. The quantitative estimate of drug-likeness (QED) is 0.364. The molecule has 31 heavy (non-hydrogen) atoms. The standard InChI is InChI=1S/C19H16ClF2N5O4/c20-19(21,22)31-13-3-1-12(2-4-13)26-18(30)11-9-14(15-5-8-25-27-15)17(24-10-11)23-7-6-16(28)29/h1-5,8-10H,6-7H2,(H,23,24)(H,25,27)(H,26,30)(H,28,29). The number of rotatable bonds is 9. The van der Waals surface area contributed by atoms with E-state index in [0.717, 1.165) is 0 Å². The predicted molar refractivity (Wildman–Crippen MR) is 108 cm³/mol. The first-order chi connectivity index (χ1) is 14.7. The molecular formula is C19H16ClF2N5O4. The van der Waals surface area contributed by atoms with Crippen molar-refractivity contribution in [1.29, 1.82) is 0 Å². The fourth-order valence-corrected chi connectivity index (χ4v) is 2.66. The third-order valence-corrected chi connectivity index (χ3v) is 4.00. The zero-order chi connectivity index (χ0) is 22.4. The number of carbonyl (C=O) groups is 2. The van der Waals surface area contributed by atoms with Crippen molar-refractivity contribution < 1.29 is 28.2 Å². The second-order valence-electron chi connectivity index (χ2n) is 6.19. The Hall–Kier alpha value is -3.73. The molecule has 0 aliphatic rings. The second-order valence-corrected chi connectivity index (χ2v) is 6.63. The Balaban J connectivity index is 1.76. The number of aromatic nitrogens is 3. The minimum atomic E-state index is -3.83. The van der Waals surface area contributed by atoms with Gasteiger partial charge in [-0.2, -0.15) is 5.10 Å². The first kappa shape index (κ1) is 22.0. The van der Waals surface area contributed by atoms with Gasteiger partial charge < -0.3 is 20.5 Å². The number of aliphatic carboxylic acids is 1. The number of pyridine rings is 1. The lowest BCUT2D eigenvalue weighted by atomic mass is 10.1. The van der Waals surface area contributed by atoms with Crippen LogP contribution in [0.25, 0.3) is 11.3 Å². The lowest BCUT2D eigenvalue weighted by Crippen LogP contribution is -2.16. The Kier molecular flexibility index (Phi) is 6.65. The van der Waals surface area contributed by atoms with E-state index >= 15 is 0 Å². The van der Waals surface area contributed by atoms with Gasteiger partial charge in [0.05, 0.1) is 17.7 Å². The molecule has 162 valence electrons. The molecule has 4 N–H and O–H groups in total. The molecule has 0 aliphatic carbocycles. The third kappa shape index (κ3) is 6.37. The Morgan fingerprint density at radius 1 is 1.23 bits per heavy atom. The van der Waals surface area contributed by atoms with E-state index in [-0.39, 0.29) is 24.3 Å². The second kappa shape index (κ2) is 9.39. The van der Waals surface area contributed by atoms with Crippen LogP contribution in [0.15, 0.2) is 48.8 Å². The lowest BCUT2D eigenvalue weighted by molar-refractivity contribution is -0.136. The fraction of sp³-hybridized carbons (Fsp3) is 0.158. The van der Waals surface area contributed by atoms with Crippen molar-refractivity contribution in [2.45, 2.75) is 12.0 Å². The summed E-state index contributed by atoms with van der Waals surface area (Å²) in [5, 5.41) is 21.0. The van der Waals surface area contributed by atoms with Gasteiger partial charge in [-0.3, -0.25) is 14.7 Å². The van der Waals surface area contributed by atoms with Gasteiger partial charge >= 0.3 is 11.5 Å². The van der Waals surface area contributed by atoms with Gasteiger partial charge in [-0.25, -0.2) is 4.98 Å². The van der Waals surface area contributed by atoms with Crippen LogP contribution in [-0.4, -0.2) is 44.3 Å². The highest BCUT2D eigenvalue weighted by molar-refractivity contribution is 6.20. The molecule has 0 unspecified atom stereocenters. The van der Waals surface area contributed by atoms with Crippen LogP contribution in [0, 0.1) is 0 Å². The van der Waals surface area contributed by atoms with E-state index in [9.17, 15) is 18.4 Å². The number of anilines is 2. The zero-order valence-electron chi connectivity index (χ0n) is 15.7. The fourth-order valence-electron chi connectivity index (χ4n) is 2.57. The van der Waals surface area contributed by atoms with Crippen LogP contribution in [0.3, 0.4) is 0 Å². The Morgan fingerprint density at radius 2 is 1.97 bits per heavy atom. The SMILES string of the molecule is O=C(O)CCNc1ncc(C(=O)Nc2ccc(OC(F)(F)Cl)cc2)cc1-c1ccn[nH]1. The molecule has 0 aliphatic heterocycles. The van der Waals surface area contributed by atoms with Gasteiger partial charge in [-0.15, -0.1) is 8.78 Å². The number of ether oxygens (including phenoxy) is 1. The molecule has 0 atom stereocenters. The van der Waals surface area contributed by atoms with Crippen LogP contribution in [-0.2, 0) is 4.79 Å². The van der Waals surface area contributed by atoms with Crippen LogP contribution in [0.2, 0.25) is 0 Å². The number of amides is 1. The summed E-state index contributed by atoms with van der Waals surface area (Å²) < 4.78 is 29.6. The molecule has 12 heteroatoms. The summed E-state index contributed by atoms with van der Waals surface area (Å²) in [7, 11) is 0. The van der Waals surface area contributed by atoms with Gasteiger partial charge in [0.15, 0.2) is 0 Å². The number of nitrogens with zero attached hydrogens (tertiary/aromatic N) is 2. The van der Waals surface area contributed by atoms with Crippen molar-refractivity contribution in [2.75, 3.05) is 17.2 Å². The molecule has 9 nitrogen and oxygen atoms in total. The average Bonchev–Trinajstić information content (AvgIpc) is 3.23. The third-order valence-electron chi connectivity index (χ3n) is 3.92. The summed E-state index contributed by atoms with van der Waals surface area (Å²) in [5.74, 6) is -1.25. The molecule has 2 heterocycles. The van der Waals surface area contributed by atoms with E-state index in [4.69, 9.17) is 16.7 Å². The number of carboxylic acids is 1. The number of hydrogen-bond donors (Lipinski definition) is 4. The Morgan fingerprint density at radius 3 is 2.58 bits per heavy atom. The first-order valence-corrected chi connectivity index (χ1v) is 9.22. The summed E-state index contributed by atoms with van der Waals surface area (Å²) >= 11 is 4.72. The summed E-state index contributed by atoms with van der Waals surface area (Å²) in [5.41, 5.74) is -2.20. The number of benzene rings is 1. The highest BCUT2D eigenvalue weighted by atomic mass is 35.5. The number of carbonyl (C=O) groups excluding carboxylic acids is 1. The number of alkyl halides is 3. The molecule has 3 rings (SSSR count).